The summed E-state index contributed by atoms with van der Waals surface area (Å²) in [5, 5.41) is 0. The van der Waals surface area contributed by atoms with Gasteiger partial charge in [0.2, 0.25) is 6.41 Å². The molecule has 4 heteroatoms. The second-order valence-electron chi connectivity index (χ2n) is 3.59. The van der Waals surface area contributed by atoms with Crippen LogP contribution in [0.25, 0.3) is 0 Å². The van der Waals surface area contributed by atoms with E-state index < -0.39 is 0 Å². The highest BCUT2D eigenvalue weighted by molar-refractivity contribution is 5.77. The highest BCUT2D eigenvalue weighted by Crippen LogP contribution is 2.15. The molecule has 0 bridgehead atoms. The zero-order valence-corrected chi connectivity index (χ0v) is 9.42. The Labute approximate surface area is 94.8 Å². The molecular formula is C12H15NO3. The Balaban J connectivity index is 2.52. The van der Waals surface area contributed by atoms with Gasteiger partial charge in [-0.1, -0.05) is 30.3 Å². The van der Waals surface area contributed by atoms with Gasteiger partial charge in [-0.2, -0.15) is 0 Å². The van der Waals surface area contributed by atoms with E-state index in [-0.39, 0.29) is 18.6 Å². The third-order valence-electron chi connectivity index (χ3n) is 2.24. The van der Waals surface area contributed by atoms with E-state index in [9.17, 15) is 9.59 Å². The van der Waals surface area contributed by atoms with Crippen LogP contribution in [-0.4, -0.2) is 31.1 Å². The van der Waals surface area contributed by atoms with Crippen molar-refractivity contribution in [3.63, 3.8) is 0 Å². The molecule has 1 aromatic rings. The Morgan fingerprint density at radius 1 is 1.44 bits per heavy atom. The molecule has 1 rings (SSSR count). The zero-order chi connectivity index (χ0) is 12.0. The fourth-order valence-electron chi connectivity index (χ4n) is 1.20. The van der Waals surface area contributed by atoms with Gasteiger partial charge in [0, 0.05) is 7.05 Å². The van der Waals surface area contributed by atoms with Gasteiger partial charge in [0.1, 0.15) is 0 Å². The van der Waals surface area contributed by atoms with Gasteiger partial charge in [0.25, 0.3) is 0 Å². The van der Waals surface area contributed by atoms with Crippen LogP contribution in [0.2, 0.25) is 0 Å². The minimum absolute atomic E-state index is 0.0144. The van der Waals surface area contributed by atoms with Crippen LogP contribution in [0.4, 0.5) is 0 Å². The van der Waals surface area contributed by atoms with Crippen molar-refractivity contribution in [2.24, 2.45) is 0 Å². The fraction of sp³-hybridized carbons (Fsp3) is 0.333. The number of hydrogen-bond donors (Lipinski definition) is 0. The Bertz CT molecular complexity index is 351. The van der Waals surface area contributed by atoms with Crippen LogP contribution in [0.1, 0.15) is 18.4 Å². The fourth-order valence-corrected chi connectivity index (χ4v) is 1.20. The summed E-state index contributed by atoms with van der Waals surface area (Å²) in [4.78, 5) is 23.2. The van der Waals surface area contributed by atoms with E-state index in [4.69, 9.17) is 4.74 Å². The number of hydrogen-bond acceptors (Lipinski definition) is 3. The van der Waals surface area contributed by atoms with Gasteiger partial charge < -0.3 is 9.64 Å². The van der Waals surface area contributed by atoms with Gasteiger partial charge in [-0.15, -0.1) is 0 Å². The number of carbonyl (C=O) groups is 2. The molecule has 0 aromatic heterocycles. The van der Waals surface area contributed by atoms with Crippen LogP contribution in [0.3, 0.4) is 0 Å². The van der Waals surface area contributed by atoms with E-state index in [0.29, 0.717) is 6.41 Å². The molecule has 1 amide bonds. The van der Waals surface area contributed by atoms with E-state index >= 15 is 0 Å². The lowest BCUT2D eigenvalue weighted by Gasteiger charge is -2.14. The summed E-state index contributed by atoms with van der Waals surface area (Å²) in [6.45, 7) is 1.76. The first kappa shape index (κ1) is 12.2. The van der Waals surface area contributed by atoms with E-state index in [1.165, 1.54) is 4.90 Å². The van der Waals surface area contributed by atoms with Crippen molar-refractivity contribution < 1.29 is 14.3 Å². The van der Waals surface area contributed by atoms with Crippen molar-refractivity contribution in [3.8, 4) is 0 Å². The molecule has 0 heterocycles. The highest BCUT2D eigenvalue weighted by Gasteiger charge is 2.16. The predicted octanol–water partition coefficient (Wildman–Crippen LogP) is 1.38. The second kappa shape index (κ2) is 5.90. The Morgan fingerprint density at radius 3 is 2.62 bits per heavy atom. The molecule has 0 saturated heterocycles. The van der Waals surface area contributed by atoms with Gasteiger partial charge in [-0.05, 0) is 12.5 Å². The van der Waals surface area contributed by atoms with Crippen LogP contribution in [0.15, 0.2) is 30.3 Å². The Kier molecular flexibility index (Phi) is 4.51. The molecule has 0 spiro atoms. The molecule has 0 aliphatic rings. The van der Waals surface area contributed by atoms with Crippen molar-refractivity contribution in [3.05, 3.63) is 35.9 Å². The third-order valence-corrected chi connectivity index (χ3v) is 2.24. The van der Waals surface area contributed by atoms with E-state index in [2.05, 4.69) is 0 Å². The molecule has 0 radical (unpaired) electrons. The molecule has 1 atom stereocenters. The lowest BCUT2D eigenvalue weighted by atomic mass is 10.0. The average Bonchev–Trinajstić information content (AvgIpc) is 2.35. The summed E-state index contributed by atoms with van der Waals surface area (Å²) in [7, 11) is 1.55. The average molecular weight is 221 g/mol. The van der Waals surface area contributed by atoms with Gasteiger partial charge in [-0.3, -0.25) is 9.59 Å². The first-order valence-corrected chi connectivity index (χ1v) is 5.02. The number of carbonyl (C=O) groups excluding carboxylic acids is 2. The largest absolute Gasteiger partial charge is 0.444 e. The Morgan fingerprint density at radius 2 is 2.06 bits per heavy atom. The minimum atomic E-state index is -0.333. The summed E-state index contributed by atoms with van der Waals surface area (Å²) < 4.78 is 4.97. The van der Waals surface area contributed by atoms with Crippen LogP contribution in [0.5, 0.6) is 0 Å². The molecular weight excluding hydrogens is 206 g/mol. The number of esters is 1. The van der Waals surface area contributed by atoms with Crippen molar-refractivity contribution in [2.45, 2.75) is 12.8 Å². The molecule has 16 heavy (non-hydrogen) atoms. The van der Waals surface area contributed by atoms with E-state index in [1.54, 1.807) is 14.0 Å². The summed E-state index contributed by atoms with van der Waals surface area (Å²) in [5.41, 5.74) is 0.904. The smallest absolute Gasteiger partial charge is 0.314 e. The SMILES string of the molecule is CC(C(=O)OCN(C)C=O)c1ccccc1. The van der Waals surface area contributed by atoms with Crippen molar-refractivity contribution >= 4 is 12.4 Å². The topological polar surface area (TPSA) is 46.6 Å². The van der Waals surface area contributed by atoms with E-state index in [1.807, 2.05) is 30.3 Å². The third kappa shape index (κ3) is 3.38. The molecule has 0 aliphatic carbocycles. The van der Waals surface area contributed by atoms with Crippen molar-refractivity contribution in [1.82, 2.24) is 4.90 Å². The lowest BCUT2D eigenvalue weighted by molar-refractivity contribution is -0.150. The van der Waals surface area contributed by atoms with Gasteiger partial charge >= 0.3 is 5.97 Å². The van der Waals surface area contributed by atoms with Crippen LogP contribution in [0, 0.1) is 0 Å². The van der Waals surface area contributed by atoms with E-state index in [0.717, 1.165) is 5.56 Å². The first-order valence-electron chi connectivity index (χ1n) is 5.02. The van der Waals surface area contributed by atoms with Crippen molar-refractivity contribution in [1.29, 1.82) is 0 Å². The maximum atomic E-state index is 11.6. The normalized spacial score (nSPS) is 11.6. The predicted molar refractivity (Wildman–Crippen MR) is 59.6 cm³/mol. The molecule has 0 saturated carbocycles. The number of amides is 1. The molecule has 0 fully saturated rings. The summed E-state index contributed by atoms with van der Waals surface area (Å²) in [5.74, 6) is -0.652. The monoisotopic (exact) mass is 221 g/mol. The second-order valence-corrected chi connectivity index (χ2v) is 3.59. The molecule has 0 N–H and O–H groups in total. The summed E-state index contributed by atoms with van der Waals surface area (Å²) in [6, 6.07) is 9.37. The lowest BCUT2D eigenvalue weighted by Crippen LogP contribution is -2.24. The maximum Gasteiger partial charge on any atom is 0.314 e. The quantitative estimate of drug-likeness (QED) is 0.428. The van der Waals surface area contributed by atoms with Crippen LogP contribution >= 0.6 is 0 Å². The number of benzene rings is 1. The summed E-state index contributed by atoms with van der Waals surface area (Å²) in [6.07, 6.45) is 0.612. The van der Waals surface area contributed by atoms with Crippen molar-refractivity contribution in [2.75, 3.05) is 13.8 Å². The maximum absolute atomic E-state index is 11.6. The zero-order valence-electron chi connectivity index (χ0n) is 9.42. The summed E-state index contributed by atoms with van der Waals surface area (Å²) >= 11 is 0. The molecule has 86 valence electrons. The number of nitrogens with zero attached hydrogens (tertiary/aromatic N) is 1. The number of rotatable bonds is 5. The van der Waals surface area contributed by atoms with Crippen LogP contribution < -0.4 is 0 Å². The molecule has 0 aliphatic heterocycles. The Hall–Kier alpha value is -1.84. The first-order chi connectivity index (χ1) is 7.65. The standard InChI is InChI=1S/C12H15NO3/c1-10(11-6-4-3-5-7-11)12(15)16-9-13(2)8-14/h3-8,10H,9H2,1-2H3. The van der Waals surface area contributed by atoms with Gasteiger partial charge in [-0.25, -0.2) is 0 Å². The van der Waals surface area contributed by atoms with Crippen LogP contribution in [-0.2, 0) is 14.3 Å². The molecule has 1 aromatic carbocycles. The molecule has 4 nitrogen and oxygen atoms in total. The highest BCUT2D eigenvalue weighted by atomic mass is 16.5. The molecule has 1 unspecified atom stereocenters. The van der Waals surface area contributed by atoms with Gasteiger partial charge in [0.15, 0.2) is 6.73 Å². The number of ether oxygens (including phenoxy) is 1. The van der Waals surface area contributed by atoms with Gasteiger partial charge in [0.05, 0.1) is 5.92 Å². The minimum Gasteiger partial charge on any atom is -0.444 e.